The van der Waals surface area contributed by atoms with Gasteiger partial charge in [0.15, 0.2) is 0 Å². The van der Waals surface area contributed by atoms with E-state index in [-0.39, 0.29) is 15.1 Å². The van der Waals surface area contributed by atoms with Crippen molar-refractivity contribution in [2.24, 2.45) is 0 Å². The summed E-state index contributed by atoms with van der Waals surface area (Å²) in [5.74, 6) is 0. The Bertz CT molecular complexity index is 62.0. The SMILES string of the molecule is C=C=CC.C[NH-].[Cl][Ru][Cl]. The van der Waals surface area contributed by atoms with Gasteiger partial charge in [-0.25, -0.2) is 0 Å². The van der Waals surface area contributed by atoms with E-state index in [1.165, 1.54) is 7.05 Å². The average Bonchev–Trinajstić information content (AvgIpc) is 1.94. The van der Waals surface area contributed by atoms with Crippen LogP contribution in [-0.2, 0) is 15.1 Å². The minimum absolute atomic E-state index is 0.346. The van der Waals surface area contributed by atoms with Crippen LogP contribution >= 0.6 is 19.4 Å². The first kappa shape index (κ1) is 16.3. The number of halogens is 2. The predicted octanol–water partition coefficient (Wildman–Crippen LogP) is 3.39. The fourth-order valence-electron chi connectivity index (χ4n) is 0. The van der Waals surface area contributed by atoms with Gasteiger partial charge >= 0.3 is 34.5 Å². The summed E-state index contributed by atoms with van der Waals surface area (Å²) in [5, 5.41) is 0. The van der Waals surface area contributed by atoms with Crippen LogP contribution in [0.5, 0.6) is 0 Å². The number of rotatable bonds is 0. The second-order valence-electron chi connectivity index (χ2n) is 0.543. The fraction of sp³-hybridized carbons (Fsp3) is 0.400. The van der Waals surface area contributed by atoms with Gasteiger partial charge in [-0.05, 0) is 13.0 Å². The Morgan fingerprint density at radius 1 is 1.56 bits per heavy atom. The molecular formula is C5H10Cl2NRu-. The van der Waals surface area contributed by atoms with Gasteiger partial charge in [0, 0.05) is 0 Å². The molecule has 0 saturated heterocycles. The van der Waals surface area contributed by atoms with E-state index in [1.807, 2.05) is 6.92 Å². The predicted molar refractivity (Wildman–Crippen MR) is 41.3 cm³/mol. The van der Waals surface area contributed by atoms with Crippen LogP contribution in [0.25, 0.3) is 5.73 Å². The zero-order valence-corrected chi connectivity index (χ0v) is 8.64. The van der Waals surface area contributed by atoms with E-state index in [2.05, 4.69) is 12.3 Å². The van der Waals surface area contributed by atoms with E-state index in [4.69, 9.17) is 25.1 Å². The molecule has 0 unspecified atom stereocenters. The molecule has 0 aromatic carbocycles. The molecule has 9 heavy (non-hydrogen) atoms. The van der Waals surface area contributed by atoms with Crippen molar-refractivity contribution in [1.29, 1.82) is 0 Å². The zero-order chi connectivity index (χ0) is 8.12. The summed E-state index contributed by atoms with van der Waals surface area (Å²) < 4.78 is 0. The van der Waals surface area contributed by atoms with E-state index in [1.54, 1.807) is 6.08 Å². The summed E-state index contributed by atoms with van der Waals surface area (Å²) in [4.78, 5) is 0. The number of nitrogens with one attached hydrogen (secondary N) is 1. The van der Waals surface area contributed by atoms with Gasteiger partial charge in [-0.1, -0.05) is 6.58 Å². The Labute approximate surface area is 72.6 Å². The molecule has 0 amide bonds. The van der Waals surface area contributed by atoms with E-state index < -0.39 is 0 Å². The molecule has 0 aliphatic carbocycles. The van der Waals surface area contributed by atoms with Gasteiger partial charge in [0.2, 0.25) is 0 Å². The maximum atomic E-state index is 5.75. The van der Waals surface area contributed by atoms with Crippen LogP contribution in [0.2, 0.25) is 0 Å². The molecule has 0 saturated carbocycles. The summed E-state index contributed by atoms with van der Waals surface area (Å²) >= 11 is -0.346. The van der Waals surface area contributed by atoms with Gasteiger partial charge in [0.05, 0.1) is 0 Å². The quantitative estimate of drug-likeness (QED) is 0.468. The van der Waals surface area contributed by atoms with Crippen LogP contribution in [0.3, 0.4) is 0 Å². The Balaban J connectivity index is -0.0000000646. The molecular weight excluding hydrogens is 246 g/mol. The van der Waals surface area contributed by atoms with Crippen LogP contribution in [-0.4, -0.2) is 7.05 Å². The molecule has 0 fully saturated rings. The normalized spacial score (nSPS) is 5.00. The molecule has 0 bridgehead atoms. The van der Waals surface area contributed by atoms with Crippen molar-refractivity contribution in [1.82, 2.24) is 0 Å². The first-order valence-electron chi connectivity index (χ1n) is 1.99. The molecule has 1 N–H and O–H groups in total. The second kappa shape index (κ2) is 37.8. The maximum absolute atomic E-state index is 5.75. The van der Waals surface area contributed by atoms with E-state index in [0.717, 1.165) is 0 Å². The van der Waals surface area contributed by atoms with Crippen molar-refractivity contribution >= 4 is 19.4 Å². The molecule has 0 atom stereocenters. The Kier molecular flexibility index (Phi) is 68.6. The van der Waals surface area contributed by atoms with E-state index in [0.29, 0.717) is 0 Å². The molecule has 0 rings (SSSR count). The number of hydrogen-bond acceptors (Lipinski definition) is 0. The monoisotopic (exact) mass is 256 g/mol. The average molecular weight is 256 g/mol. The van der Waals surface area contributed by atoms with Crippen molar-refractivity contribution in [3.05, 3.63) is 24.1 Å². The summed E-state index contributed by atoms with van der Waals surface area (Å²) in [6.45, 7) is 5.18. The van der Waals surface area contributed by atoms with Gasteiger partial charge in [-0.3, -0.25) is 0 Å². The second-order valence-corrected chi connectivity index (χ2v) is 3.18. The van der Waals surface area contributed by atoms with Gasteiger partial charge in [0.1, 0.15) is 0 Å². The first-order chi connectivity index (χ1) is 4.33. The summed E-state index contributed by atoms with van der Waals surface area (Å²) in [6.07, 6.45) is 1.76. The van der Waals surface area contributed by atoms with Crippen molar-refractivity contribution in [2.45, 2.75) is 6.92 Å². The van der Waals surface area contributed by atoms with Crippen LogP contribution in [0.15, 0.2) is 18.4 Å². The van der Waals surface area contributed by atoms with E-state index >= 15 is 0 Å². The van der Waals surface area contributed by atoms with Crippen LogP contribution < -0.4 is 0 Å². The molecule has 1 nitrogen and oxygen atoms in total. The van der Waals surface area contributed by atoms with Crippen molar-refractivity contribution in [2.75, 3.05) is 7.05 Å². The molecule has 0 radical (unpaired) electrons. The van der Waals surface area contributed by atoms with E-state index in [9.17, 15) is 0 Å². The standard InChI is InChI=1S/C4H6.CH4N.2ClH.Ru/c1-3-4-2;1-2;;;/h4H,1H2,2H3;2H,1H3;2*1H;/q;-1;;;+2/p-2. The summed E-state index contributed by atoms with van der Waals surface area (Å²) in [7, 11) is 11.0. The minimum atomic E-state index is -0.346. The molecule has 0 aromatic rings. The van der Waals surface area contributed by atoms with Crippen molar-refractivity contribution in [3.8, 4) is 0 Å². The van der Waals surface area contributed by atoms with Gasteiger partial charge in [-0.2, -0.15) is 7.05 Å². The van der Waals surface area contributed by atoms with Crippen LogP contribution in [0, 0.1) is 0 Å². The third-order valence-electron chi connectivity index (χ3n) is 0.204. The molecule has 0 spiro atoms. The topological polar surface area (TPSA) is 23.8 Å². The third kappa shape index (κ3) is 137. The van der Waals surface area contributed by atoms with Gasteiger partial charge < -0.3 is 5.73 Å². The molecule has 4 heteroatoms. The van der Waals surface area contributed by atoms with Gasteiger partial charge in [0.25, 0.3) is 0 Å². The third-order valence-corrected chi connectivity index (χ3v) is 0.204. The molecule has 0 aromatic heterocycles. The Hall–Kier alpha value is 0.683. The molecule has 0 heterocycles. The Morgan fingerprint density at radius 3 is 1.67 bits per heavy atom. The molecule has 0 aliphatic rings. The van der Waals surface area contributed by atoms with Gasteiger partial charge in [-0.15, -0.1) is 5.73 Å². The first-order valence-corrected chi connectivity index (χ1v) is 6.46. The number of allylic oxidation sites excluding steroid dienone is 1. The number of hydrogen-bond donors (Lipinski definition) is 0. The fourth-order valence-corrected chi connectivity index (χ4v) is 0. The zero-order valence-electron chi connectivity index (χ0n) is 5.39. The summed E-state index contributed by atoms with van der Waals surface area (Å²) in [5.41, 5.74) is 8.31. The van der Waals surface area contributed by atoms with Crippen molar-refractivity contribution < 1.29 is 15.1 Å². The molecule has 0 aliphatic heterocycles. The molecule has 58 valence electrons. The summed E-state index contributed by atoms with van der Waals surface area (Å²) in [6, 6.07) is 0. The van der Waals surface area contributed by atoms with Crippen molar-refractivity contribution in [3.63, 3.8) is 0 Å². The van der Waals surface area contributed by atoms with Crippen LogP contribution in [0.4, 0.5) is 0 Å². The Morgan fingerprint density at radius 2 is 1.67 bits per heavy atom. The van der Waals surface area contributed by atoms with Crippen LogP contribution in [0.1, 0.15) is 6.92 Å².